The van der Waals surface area contributed by atoms with E-state index in [0.29, 0.717) is 24.5 Å². The molecule has 0 aliphatic heterocycles. The van der Waals surface area contributed by atoms with Crippen LogP contribution in [0.25, 0.3) is 0 Å². The molecule has 142 valence electrons. The van der Waals surface area contributed by atoms with Crippen LogP contribution >= 0.6 is 0 Å². The van der Waals surface area contributed by atoms with Gasteiger partial charge >= 0.3 is 6.03 Å². The number of rotatable bonds is 6. The number of urea groups is 1. The van der Waals surface area contributed by atoms with Crippen molar-refractivity contribution < 1.29 is 9.59 Å². The Hall–Kier alpha value is -3.67. The van der Waals surface area contributed by atoms with Crippen LogP contribution < -0.4 is 11.1 Å². The molecule has 1 aromatic heterocycles. The summed E-state index contributed by atoms with van der Waals surface area (Å²) in [4.78, 5) is 30.3. The van der Waals surface area contributed by atoms with Gasteiger partial charge in [-0.15, -0.1) is 0 Å². The van der Waals surface area contributed by atoms with Gasteiger partial charge in [-0.2, -0.15) is 0 Å². The molecule has 6 nitrogen and oxygen atoms in total. The van der Waals surface area contributed by atoms with Crippen molar-refractivity contribution in [3.63, 3.8) is 0 Å². The van der Waals surface area contributed by atoms with Crippen LogP contribution in [0.3, 0.4) is 0 Å². The van der Waals surface area contributed by atoms with E-state index in [1.54, 1.807) is 29.3 Å². The first-order chi connectivity index (χ1) is 13.5. The number of aryl methyl sites for hydroxylation is 1. The van der Waals surface area contributed by atoms with Gasteiger partial charge in [0.1, 0.15) is 5.82 Å². The Morgan fingerprint density at radius 3 is 2.39 bits per heavy atom. The normalized spacial score (nSPS) is 10.3. The van der Waals surface area contributed by atoms with E-state index in [1.165, 1.54) is 0 Å². The van der Waals surface area contributed by atoms with Crippen molar-refractivity contribution in [3.8, 4) is 0 Å². The molecular weight excluding hydrogens is 352 g/mol. The predicted molar refractivity (Wildman–Crippen MR) is 109 cm³/mol. The number of aromatic nitrogens is 1. The maximum atomic E-state index is 13.0. The number of benzene rings is 2. The monoisotopic (exact) mass is 374 g/mol. The number of nitrogens with one attached hydrogen (secondary N) is 1. The molecule has 6 heteroatoms. The van der Waals surface area contributed by atoms with Gasteiger partial charge in [-0.05, 0) is 41.8 Å². The minimum atomic E-state index is -0.495. The molecule has 0 aliphatic carbocycles. The van der Waals surface area contributed by atoms with Gasteiger partial charge in [0.15, 0.2) is 0 Å². The molecule has 0 saturated carbocycles. The van der Waals surface area contributed by atoms with Crippen molar-refractivity contribution in [1.82, 2.24) is 9.88 Å². The van der Waals surface area contributed by atoms with E-state index in [1.807, 2.05) is 55.5 Å². The molecular formula is C22H22N4O2. The molecule has 0 atom stereocenters. The van der Waals surface area contributed by atoms with Crippen LogP contribution in [0.1, 0.15) is 27.0 Å². The van der Waals surface area contributed by atoms with Crippen LogP contribution in [0, 0.1) is 6.92 Å². The van der Waals surface area contributed by atoms with Crippen molar-refractivity contribution in [1.29, 1.82) is 0 Å². The SMILES string of the molecule is Cc1cccnc1NC(=O)N(Cc1ccccc1)Cc1cccc(C(N)=O)c1. The van der Waals surface area contributed by atoms with Crippen molar-refractivity contribution >= 4 is 17.8 Å². The second-order valence-electron chi connectivity index (χ2n) is 6.51. The average Bonchev–Trinajstić information content (AvgIpc) is 2.70. The number of anilines is 1. The molecule has 0 bridgehead atoms. The maximum absolute atomic E-state index is 13.0. The van der Waals surface area contributed by atoms with E-state index >= 15 is 0 Å². The van der Waals surface area contributed by atoms with Gasteiger partial charge in [-0.25, -0.2) is 9.78 Å². The van der Waals surface area contributed by atoms with Gasteiger partial charge in [0, 0.05) is 24.8 Å². The fraction of sp³-hybridized carbons (Fsp3) is 0.136. The minimum absolute atomic E-state index is 0.268. The Labute approximate surface area is 164 Å². The second-order valence-corrected chi connectivity index (χ2v) is 6.51. The van der Waals surface area contributed by atoms with Gasteiger partial charge in [0.25, 0.3) is 0 Å². The zero-order valence-corrected chi connectivity index (χ0v) is 15.6. The van der Waals surface area contributed by atoms with E-state index in [-0.39, 0.29) is 6.03 Å². The first-order valence-electron chi connectivity index (χ1n) is 8.93. The number of amides is 3. The van der Waals surface area contributed by atoms with Crippen LogP contribution in [-0.2, 0) is 13.1 Å². The van der Waals surface area contributed by atoms with Crippen molar-refractivity contribution in [3.05, 3.63) is 95.2 Å². The number of nitrogens with two attached hydrogens (primary N) is 1. The molecule has 3 rings (SSSR count). The van der Waals surface area contributed by atoms with Gasteiger partial charge in [0.05, 0.1) is 0 Å². The Bertz CT molecular complexity index is 973. The van der Waals surface area contributed by atoms with Gasteiger partial charge < -0.3 is 10.6 Å². The van der Waals surface area contributed by atoms with Crippen LogP contribution in [0.4, 0.5) is 10.6 Å². The summed E-state index contributed by atoms with van der Waals surface area (Å²) in [5, 5.41) is 2.87. The van der Waals surface area contributed by atoms with Crippen LogP contribution in [0.2, 0.25) is 0 Å². The lowest BCUT2D eigenvalue weighted by molar-refractivity contribution is 0.1000. The summed E-state index contributed by atoms with van der Waals surface area (Å²) in [6.07, 6.45) is 1.64. The topological polar surface area (TPSA) is 88.3 Å². The number of nitrogens with zero attached hydrogens (tertiary/aromatic N) is 2. The molecule has 3 amide bonds. The summed E-state index contributed by atoms with van der Waals surface area (Å²) < 4.78 is 0. The summed E-state index contributed by atoms with van der Waals surface area (Å²) in [5.74, 6) is 0.0291. The lowest BCUT2D eigenvalue weighted by Gasteiger charge is -2.24. The minimum Gasteiger partial charge on any atom is -0.366 e. The number of hydrogen-bond donors (Lipinski definition) is 2. The largest absolute Gasteiger partial charge is 0.366 e. The van der Waals surface area contributed by atoms with E-state index < -0.39 is 5.91 Å². The van der Waals surface area contributed by atoms with Crippen molar-refractivity contribution in [2.24, 2.45) is 5.73 Å². The Kier molecular flexibility index (Phi) is 6.01. The summed E-state index contributed by atoms with van der Waals surface area (Å²) in [6.45, 7) is 2.63. The third-order valence-electron chi connectivity index (χ3n) is 4.32. The van der Waals surface area contributed by atoms with E-state index in [2.05, 4.69) is 10.3 Å². The quantitative estimate of drug-likeness (QED) is 0.689. The smallest absolute Gasteiger partial charge is 0.323 e. The molecule has 3 N–H and O–H groups in total. The molecule has 0 aliphatic rings. The first-order valence-corrected chi connectivity index (χ1v) is 8.93. The summed E-state index contributed by atoms with van der Waals surface area (Å²) in [6, 6.07) is 20.2. The molecule has 0 unspecified atom stereocenters. The molecule has 0 saturated heterocycles. The molecule has 28 heavy (non-hydrogen) atoms. The highest BCUT2D eigenvalue weighted by molar-refractivity contribution is 5.93. The van der Waals surface area contributed by atoms with Gasteiger partial charge in [-0.1, -0.05) is 48.5 Å². The summed E-state index contributed by atoms with van der Waals surface area (Å²) >= 11 is 0. The fourth-order valence-corrected chi connectivity index (χ4v) is 2.84. The highest BCUT2D eigenvalue weighted by Gasteiger charge is 2.17. The third-order valence-corrected chi connectivity index (χ3v) is 4.32. The zero-order chi connectivity index (χ0) is 19.9. The standard InChI is InChI=1S/C22H22N4O2/c1-16-7-6-12-24-21(16)25-22(28)26(14-17-8-3-2-4-9-17)15-18-10-5-11-19(13-18)20(23)27/h2-13H,14-15H2,1H3,(H2,23,27)(H,24,25,28). The summed E-state index contributed by atoms with van der Waals surface area (Å²) in [5.41, 5.74) is 8.49. The molecule has 0 fully saturated rings. The Morgan fingerprint density at radius 2 is 1.68 bits per heavy atom. The molecule has 1 heterocycles. The Morgan fingerprint density at radius 1 is 0.964 bits per heavy atom. The van der Waals surface area contributed by atoms with E-state index in [9.17, 15) is 9.59 Å². The lowest BCUT2D eigenvalue weighted by atomic mass is 10.1. The highest BCUT2D eigenvalue weighted by atomic mass is 16.2. The molecule has 0 radical (unpaired) electrons. The maximum Gasteiger partial charge on any atom is 0.323 e. The Balaban J connectivity index is 1.84. The molecule has 2 aromatic carbocycles. The molecule has 3 aromatic rings. The summed E-state index contributed by atoms with van der Waals surface area (Å²) in [7, 11) is 0. The number of primary amides is 1. The van der Waals surface area contributed by atoms with Crippen LogP contribution in [0.5, 0.6) is 0 Å². The second kappa shape index (κ2) is 8.81. The highest BCUT2D eigenvalue weighted by Crippen LogP contribution is 2.15. The number of carbonyl (C=O) groups excluding carboxylic acids is 2. The van der Waals surface area contributed by atoms with Crippen molar-refractivity contribution in [2.75, 3.05) is 5.32 Å². The van der Waals surface area contributed by atoms with Crippen LogP contribution in [0.15, 0.2) is 72.9 Å². The third kappa shape index (κ3) is 4.94. The number of carbonyl (C=O) groups is 2. The zero-order valence-electron chi connectivity index (χ0n) is 15.6. The van der Waals surface area contributed by atoms with Gasteiger partial charge in [-0.3, -0.25) is 10.1 Å². The van der Waals surface area contributed by atoms with Crippen molar-refractivity contribution in [2.45, 2.75) is 20.0 Å². The van der Waals surface area contributed by atoms with Gasteiger partial charge in [0.2, 0.25) is 5.91 Å². The molecule has 0 spiro atoms. The van der Waals surface area contributed by atoms with E-state index in [4.69, 9.17) is 5.73 Å². The average molecular weight is 374 g/mol. The first kappa shape index (κ1) is 19.1. The number of hydrogen-bond acceptors (Lipinski definition) is 3. The van der Waals surface area contributed by atoms with Crippen LogP contribution in [-0.4, -0.2) is 21.8 Å². The fourth-order valence-electron chi connectivity index (χ4n) is 2.84. The van der Waals surface area contributed by atoms with E-state index in [0.717, 1.165) is 16.7 Å². The predicted octanol–water partition coefficient (Wildman–Crippen LogP) is 3.72. The number of pyridine rings is 1. The lowest BCUT2D eigenvalue weighted by Crippen LogP contribution is -2.34.